The van der Waals surface area contributed by atoms with Crippen LogP contribution in [-0.2, 0) is 19.1 Å². The van der Waals surface area contributed by atoms with Gasteiger partial charge in [-0.25, -0.2) is 9.69 Å². The van der Waals surface area contributed by atoms with Crippen LogP contribution in [0.25, 0.3) is 6.08 Å². The predicted octanol–water partition coefficient (Wildman–Crippen LogP) is 2.87. The van der Waals surface area contributed by atoms with Gasteiger partial charge in [0.05, 0.1) is 17.7 Å². The third kappa shape index (κ3) is 6.42. The van der Waals surface area contributed by atoms with Crippen molar-refractivity contribution in [2.24, 2.45) is 0 Å². The van der Waals surface area contributed by atoms with Crippen molar-refractivity contribution in [3.63, 3.8) is 0 Å². The second-order valence-corrected chi connectivity index (χ2v) is 9.20. The lowest BCUT2D eigenvalue weighted by Crippen LogP contribution is -2.43. The summed E-state index contributed by atoms with van der Waals surface area (Å²) in [5.41, 5.74) is 1.12. The average molecular weight is 578 g/mol. The molecule has 12 heteroatoms. The Bertz CT molecular complexity index is 1210. The van der Waals surface area contributed by atoms with E-state index >= 15 is 0 Å². The van der Waals surface area contributed by atoms with Crippen LogP contribution >= 0.6 is 27.5 Å². The van der Waals surface area contributed by atoms with Crippen LogP contribution in [0.2, 0.25) is 5.02 Å². The molecule has 36 heavy (non-hydrogen) atoms. The normalized spacial score (nSPS) is 16.8. The molecule has 188 valence electrons. The minimum atomic E-state index is -0.696. The molecule has 2 N–H and O–H groups in total. The number of morpholine rings is 1. The summed E-state index contributed by atoms with van der Waals surface area (Å²) < 4.78 is 11.4. The average Bonchev–Trinajstić information content (AvgIpc) is 3.12. The van der Waals surface area contributed by atoms with E-state index in [1.165, 1.54) is 6.08 Å². The third-order valence-corrected chi connectivity index (χ3v) is 6.25. The highest BCUT2D eigenvalue weighted by Gasteiger charge is 2.35. The first-order valence-electron chi connectivity index (χ1n) is 11.0. The molecule has 2 saturated heterocycles. The summed E-state index contributed by atoms with van der Waals surface area (Å²) in [6, 6.07) is 10.8. The molecule has 0 aliphatic carbocycles. The van der Waals surface area contributed by atoms with Gasteiger partial charge in [0.2, 0.25) is 5.91 Å². The van der Waals surface area contributed by atoms with E-state index in [1.807, 2.05) is 0 Å². The third-order valence-electron chi connectivity index (χ3n) is 5.37. The Balaban J connectivity index is 1.35. The van der Waals surface area contributed by atoms with Gasteiger partial charge in [0.25, 0.3) is 11.8 Å². The van der Waals surface area contributed by atoms with Crippen LogP contribution in [-0.4, -0.2) is 73.0 Å². The number of imide groups is 1. The Hall–Kier alpha value is -3.41. The van der Waals surface area contributed by atoms with Crippen molar-refractivity contribution in [3.05, 3.63) is 63.2 Å². The SMILES string of the molecule is O=C(CN1C(=O)N/C(=C\c2ccc(OCC(=O)N3CCOCC3)c(Br)c2)C1=O)Nc1ccc(Cl)cc1. The highest BCUT2D eigenvalue weighted by atomic mass is 79.9. The maximum Gasteiger partial charge on any atom is 0.329 e. The summed E-state index contributed by atoms with van der Waals surface area (Å²) in [4.78, 5) is 52.1. The van der Waals surface area contributed by atoms with Gasteiger partial charge >= 0.3 is 6.03 Å². The Morgan fingerprint density at radius 1 is 1.14 bits per heavy atom. The van der Waals surface area contributed by atoms with Crippen molar-refractivity contribution in [2.75, 3.05) is 44.8 Å². The molecule has 2 fully saturated rings. The molecule has 5 amide bonds. The summed E-state index contributed by atoms with van der Waals surface area (Å²) in [6.45, 7) is 1.54. The Labute approximate surface area is 220 Å². The molecule has 0 aromatic heterocycles. The second kappa shape index (κ2) is 11.5. The maximum atomic E-state index is 12.7. The number of nitrogens with one attached hydrogen (secondary N) is 2. The fraction of sp³-hybridized carbons (Fsp3) is 0.250. The molecule has 0 spiro atoms. The van der Waals surface area contributed by atoms with E-state index in [4.69, 9.17) is 21.1 Å². The largest absolute Gasteiger partial charge is 0.483 e. The lowest BCUT2D eigenvalue weighted by atomic mass is 10.2. The molecule has 0 atom stereocenters. The van der Waals surface area contributed by atoms with Crippen molar-refractivity contribution < 1.29 is 28.7 Å². The first kappa shape index (κ1) is 25.7. The van der Waals surface area contributed by atoms with Gasteiger partial charge in [0.15, 0.2) is 6.61 Å². The van der Waals surface area contributed by atoms with Crippen LogP contribution in [0.5, 0.6) is 5.75 Å². The van der Waals surface area contributed by atoms with E-state index in [0.717, 1.165) is 4.90 Å². The second-order valence-electron chi connectivity index (χ2n) is 7.91. The summed E-state index contributed by atoms with van der Waals surface area (Å²) in [5, 5.41) is 5.61. The fourth-order valence-electron chi connectivity index (χ4n) is 3.53. The van der Waals surface area contributed by atoms with Crippen molar-refractivity contribution in [1.82, 2.24) is 15.1 Å². The van der Waals surface area contributed by atoms with Crippen LogP contribution in [0.4, 0.5) is 10.5 Å². The zero-order valence-corrected chi connectivity index (χ0v) is 21.3. The standard InChI is InChI=1S/C24H22BrClN4O6/c25-18-11-15(1-6-20(18)36-14-22(32)29-7-9-35-10-8-29)12-19-23(33)30(24(34)28-19)13-21(31)27-17-4-2-16(26)3-5-17/h1-6,11-12H,7-10,13-14H2,(H,27,31)(H,28,34)/b19-12-. The van der Waals surface area contributed by atoms with Gasteiger partial charge in [-0.05, 0) is 64.0 Å². The minimum Gasteiger partial charge on any atom is -0.483 e. The highest BCUT2D eigenvalue weighted by molar-refractivity contribution is 9.10. The zero-order chi connectivity index (χ0) is 25.7. The number of ether oxygens (including phenoxy) is 2. The number of benzene rings is 2. The van der Waals surface area contributed by atoms with Gasteiger partial charge in [-0.2, -0.15) is 0 Å². The number of anilines is 1. The van der Waals surface area contributed by atoms with Gasteiger partial charge in [0.1, 0.15) is 18.0 Å². The molecule has 2 aliphatic heterocycles. The van der Waals surface area contributed by atoms with Gasteiger partial charge in [-0.15, -0.1) is 0 Å². The Kier molecular flexibility index (Phi) is 8.24. The van der Waals surface area contributed by atoms with Gasteiger partial charge in [-0.3, -0.25) is 14.4 Å². The quantitative estimate of drug-likeness (QED) is 0.386. The van der Waals surface area contributed by atoms with Crippen molar-refractivity contribution in [2.45, 2.75) is 0 Å². The molecule has 0 radical (unpaired) electrons. The van der Waals surface area contributed by atoms with Crippen LogP contribution in [0.3, 0.4) is 0 Å². The zero-order valence-electron chi connectivity index (χ0n) is 19.0. The molecule has 2 aliphatic rings. The molecule has 0 saturated carbocycles. The molecule has 2 aromatic carbocycles. The molecule has 0 unspecified atom stereocenters. The van der Waals surface area contributed by atoms with Crippen LogP contribution in [0.15, 0.2) is 52.6 Å². The number of halogens is 2. The van der Waals surface area contributed by atoms with E-state index in [-0.39, 0.29) is 18.2 Å². The molecular weight excluding hydrogens is 556 g/mol. The number of carbonyl (C=O) groups excluding carboxylic acids is 4. The van der Waals surface area contributed by atoms with E-state index in [0.29, 0.717) is 52.8 Å². The van der Waals surface area contributed by atoms with Crippen molar-refractivity contribution >= 4 is 63.0 Å². The highest BCUT2D eigenvalue weighted by Crippen LogP contribution is 2.27. The smallest absolute Gasteiger partial charge is 0.329 e. The number of hydrogen-bond acceptors (Lipinski definition) is 6. The first-order chi connectivity index (χ1) is 17.3. The van der Waals surface area contributed by atoms with Crippen LogP contribution in [0.1, 0.15) is 5.56 Å². The van der Waals surface area contributed by atoms with Crippen LogP contribution < -0.4 is 15.4 Å². The monoisotopic (exact) mass is 576 g/mol. The Morgan fingerprint density at radius 3 is 2.56 bits per heavy atom. The van der Waals surface area contributed by atoms with Crippen LogP contribution in [0, 0.1) is 0 Å². The van der Waals surface area contributed by atoms with Crippen molar-refractivity contribution in [3.8, 4) is 5.75 Å². The molecule has 10 nitrogen and oxygen atoms in total. The maximum absolute atomic E-state index is 12.7. The summed E-state index contributed by atoms with van der Waals surface area (Å²) in [6.07, 6.45) is 1.49. The number of rotatable bonds is 7. The predicted molar refractivity (Wildman–Crippen MR) is 135 cm³/mol. The summed E-state index contributed by atoms with van der Waals surface area (Å²) in [5.74, 6) is -0.825. The molecule has 4 rings (SSSR count). The summed E-state index contributed by atoms with van der Waals surface area (Å²) in [7, 11) is 0. The number of urea groups is 1. The lowest BCUT2D eigenvalue weighted by Gasteiger charge is -2.26. The molecule has 2 heterocycles. The molecular formula is C24H22BrClN4O6. The topological polar surface area (TPSA) is 117 Å². The van der Waals surface area contributed by atoms with Gasteiger partial charge < -0.3 is 25.0 Å². The lowest BCUT2D eigenvalue weighted by molar-refractivity contribution is -0.137. The van der Waals surface area contributed by atoms with E-state index < -0.39 is 24.4 Å². The number of hydrogen-bond donors (Lipinski definition) is 2. The van der Waals surface area contributed by atoms with Gasteiger partial charge in [-0.1, -0.05) is 17.7 Å². The first-order valence-corrected chi connectivity index (χ1v) is 12.1. The van der Waals surface area contributed by atoms with Crippen molar-refractivity contribution in [1.29, 1.82) is 0 Å². The fourth-order valence-corrected chi connectivity index (χ4v) is 4.16. The number of carbonyl (C=O) groups is 4. The molecule has 0 bridgehead atoms. The summed E-state index contributed by atoms with van der Waals surface area (Å²) >= 11 is 9.24. The van der Waals surface area contributed by atoms with Gasteiger partial charge in [0, 0.05) is 23.8 Å². The number of amides is 5. The van der Waals surface area contributed by atoms with E-state index in [1.54, 1.807) is 47.4 Å². The minimum absolute atomic E-state index is 0.0300. The number of nitrogens with zero attached hydrogens (tertiary/aromatic N) is 2. The van der Waals surface area contributed by atoms with E-state index in [2.05, 4.69) is 26.6 Å². The molecule has 2 aromatic rings. The Morgan fingerprint density at radius 2 is 1.86 bits per heavy atom. The van der Waals surface area contributed by atoms with E-state index in [9.17, 15) is 19.2 Å².